The molecule has 2 heterocycles. The second-order valence-electron chi connectivity index (χ2n) is 5.90. The van der Waals surface area contributed by atoms with Gasteiger partial charge in [0.25, 0.3) is 0 Å². The van der Waals surface area contributed by atoms with Crippen LogP contribution in [0.25, 0.3) is 10.9 Å². The summed E-state index contributed by atoms with van der Waals surface area (Å²) in [7, 11) is 0. The van der Waals surface area contributed by atoms with Gasteiger partial charge in [-0.2, -0.15) is 5.10 Å². The predicted molar refractivity (Wildman–Crippen MR) is 93.8 cm³/mol. The molecule has 1 unspecified atom stereocenters. The monoisotopic (exact) mass is 354 g/mol. The first-order valence-electron chi connectivity index (χ1n) is 7.83. The van der Waals surface area contributed by atoms with Crippen molar-refractivity contribution in [2.75, 3.05) is 0 Å². The Hall–Kier alpha value is -3.29. The normalized spacial score (nSPS) is 12.2. The second-order valence-corrected chi connectivity index (χ2v) is 5.90. The summed E-state index contributed by atoms with van der Waals surface area (Å²) < 4.78 is 30.4. The van der Waals surface area contributed by atoms with E-state index >= 15 is 0 Å². The third kappa shape index (κ3) is 2.90. The maximum Gasteiger partial charge on any atom is 0.148 e. The summed E-state index contributed by atoms with van der Waals surface area (Å²) in [6.07, 6.45) is 1.45. The predicted octanol–water partition coefficient (Wildman–Crippen LogP) is 3.21. The van der Waals surface area contributed by atoms with Crippen LogP contribution in [-0.2, 0) is 0 Å². The summed E-state index contributed by atoms with van der Waals surface area (Å²) in [5, 5.41) is 28.1. The fourth-order valence-corrected chi connectivity index (χ4v) is 2.69. The lowest BCUT2D eigenvalue weighted by Gasteiger charge is -2.18. The molecule has 0 spiro atoms. The standard InChI is InChI=1S/C18H16F2N6/c1-9(18(23)26-15(22)6-5-13(25-26)10(2)21)16-12(19)8-14-11(17(16)20)4-3-7-24-14/h3-9,21-23H,1-2H3. The molecule has 0 radical (unpaired) electrons. The number of hydrogen-bond donors (Lipinski definition) is 3. The number of rotatable bonds is 3. The smallest absolute Gasteiger partial charge is 0.148 e. The van der Waals surface area contributed by atoms with Crippen LogP contribution in [0.2, 0.25) is 0 Å². The highest BCUT2D eigenvalue weighted by Crippen LogP contribution is 2.29. The maximum atomic E-state index is 14.9. The molecular weight excluding hydrogens is 338 g/mol. The summed E-state index contributed by atoms with van der Waals surface area (Å²) >= 11 is 0. The topological polar surface area (TPSA) is 102 Å². The van der Waals surface area contributed by atoms with E-state index in [0.29, 0.717) is 0 Å². The van der Waals surface area contributed by atoms with Crippen molar-refractivity contribution in [3.63, 3.8) is 0 Å². The lowest BCUT2D eigenvalue weighted by Crippen LogP contribution is -2.33. The minimum absolute atomic E-state index is 0.116. The Morgan fingerprint density at radius 2 is 1.92 bits per heavy atom. The Morgan fingerprint density at radius 1 is 1.19 bits per heavy atom. The number of nitrogens with zero attached hydrogens (tertiary/aromatic N) is 3. The summed E-state index contributed by atoms with van der Waals surface area (Å²) in [6, 6.07) is 7.06. The van der Waals surface area contributed by atoms with Crippen LogP contribution in [0.1, 0.15) is 31.0 Å². The second kappa shape index (κ2) is 6.55. The van der Waals surface area contributed by atoms with E-state index in [1.165, 1.54) is 38.2 Å². The zero-order valence-corrected chi connectivity index (χ0v) is 14.1. The number of nitrogens with one attached hydrogen (secondary N) is 3. The lowest BCUT2D eigenvalue weighted by molar-refractivity contribution is 0.557. The van der Waals surface area contributed by atoms with Gasteiger partial charge in [0.15, 0.2) is 0 Å². The Balaban J connectivity index is 2.13. The van der Waals surface area contributed by atoms with Gasteiger partial charge >= 0.3 is 0 Å². The number of benzene rings is 1. The summed E-state index contributed by atoms with van der Waals surface area (Å²) in [6.45, 7) is 3.00. The number of halogens is 2. The fraction of sp³-hybridized carbons (Fsp3) is 0.167. The molecule has 0 aliphatic heterocycles. The molecular formula is C18H16F2N6. The molecule has 0 aliphatic rings. The van der Waals surface area contributed by atoms with E-state index in [0.717, 1.165) is 10.7 Å². The van der Waals surface area contributed by atoms with Crippen molar-refractivity contribution in [1.29, 1.82) is 16.2 Å². The lowest BCUT2D eigenvalue weighted by atomic mass is 9.96. The molecule has 26 heavy (non-hydrogen) atoms. The van der Waals surface area contributed by atoms with Crippen LogP contribution in [0.4, 0.5) is 8.78 Å². The van der Waals surface area contributed by atoms with Gasteiger partial charge in [-0.05, 0) is 31.2 Å². The van der Waals surface area contributed by atoms with E-state index in [-0.39, 0.29) is 39.2 Å². The van der Waals surface area contributed by atoms with Gasteiger partial charge in [-0.1, -0.05) is 6.92 Å². The Bertz CT molecular complexity index is 1100. The molecule has 6 nitrogen and oxygen atoms in total. The van der Waals surface area contributed by atoms with E-state index in [2.05, 4.69) is 10.1 Å². The highest BCUT2D eigenvalue weighted by atomic mass is 19.1. The van der Waals surface area contributed by atoms with Crippen molar-refractivity contribution < 1.29 is 8.78 Å². The van der Waals surface area contributed by atoms with Crippen LogP contribution < -0.4 is 5.49 Å². The molecule has 0 saturated carbocycles. The van der Waals surface area contributed by atoms with Crippen molar-refractivity contribution in [3.05, 3.63) is 64.9 Å². The van der Waals surface area contributed by atoms with Gasteiger partial charge in [0, 0.05) is 29.1 Å². The van der Waals surface area contributed by atoms with Gasteiger partial charge in [-0.25, -0.2) is 13.5 Å². The minimum Gasteiger partial charge on any atom is -0.303 e. The van der Waals surface area contributed by atoms with Gasteiger partial charge in [0.05, 0.1) is 11.2 Å². The summed E-state index contributed by atoms with van der Waals surface area (Å²) in [5.41, 5.74) is 0.240. The molecule has 0 saturated heterocycles. The SMILES string of the molecule is CC(=N)c1ccc(=N)n(C(=N)C(C)c2c(F)cc3ncccc3c2F)n1. The van der Waals surface area contributed by atoms with Crippen LogP contribution in [-0.4, -0.2) is 26.3 Å². The highest BCUT2D eigenvalue weighted by Gasteiger charge is 2.24. The van der Waals surface area contributed by atoms with Crippen molar-refractivity contribution in [2.45, 2.75) is 19.8 Å². The Labute approximate surface area is 147 Å². The summed E-state index contributed by atoms with van der Waals surface area (Å²) in [5.74, 6) is -2.85. The highest BCUT2D eigenvalue weighted by molar-refractivity contribution is 5.95. The van der Waals surface area contributed by atoms with Crippen molar-refractivity contribution in [2.24, 2.45) is 0 Å². The van der Waals surface area contributed by atoms with Crippen molar-refractivity contribution in [3.8, 4) is 0 Å². The fourth-order valence-electron chi connectivity index (χ4n) is 2.69. The molecule has 0 aliphatic carbocycles. The summed E-state index contributed by atoms with van der Waals surface area (Å²) in [4.78, 5) is 3.95. The molecule has 3 rings (SSSR count). The number of fused-ring (bicyclic) bond motifs is 1. The Morgan fingerprint density at radius 3 is 2.62 bits per heavy atom. The van der Waals surface area contributed by atoms with Crippen LogP contribution in [0.3, 0.4) is 0 Å². The molecule has 1 atom stereocenters. The van der Waals surface area contributed by atoms with E-state index in [4.69, 9.17) is 16.2 Å². The van der Waals surface area contributed by atoms with Crippen LogP contribution in [0.5, 0.6) is 0 Å². The molecule has 0 fully saturated rings. The first-order valence-corrected chi connectivity index (χ1v) is 7.83. The quantitative estimate of drug-likeness (QED) is 0.497. The van der Waals surface area contributed by atoms with E-state index in [1.54, 1.807) is 6.07 Å². The molecule has 132 valence electrons. The van der Waals surface area contributed by atoms with E-state index in [9.17, 15) is 8.78 Å². The van der Waals surface area contributed by atoms with Crippen molar-refractivity contribution in [1.82, 2.24) is 14.8 Å². The molecule has 8 heteroatoms. The van der Waals surface area contributed by atoms with Crippen molar-refractivity contribution >= 4 is 22.5 Å². The number of aromatic nitrogens is 3. The molecule has 3 N–H and O–H groups in total. The maximum absolute atomic E-state index is 14.9. The molecule has 0 bridgehead atoms. The van der Waals surface area contributed by atoms with E-state index in [1.807, 2.05) is 0 Å². The van der Waals surface area contributed by atoms with Gasteiger partial charge < -0.3 is 5.41 Å². The van der Waals surface area contributed by atoms with E-state index < -0.39 is 17.6 Å². The number of hydrogen-bond acceptors (Lipinski definition) is 5. The average molecular weight is 354 g/mol. The largest absolute Gasteiger partial charge is 0.303 e. The third-order valence-corrected chi connectivity index (χ3v) is 4.12. The average Bonchev–Trinajstić information content (AvgIpc) is 2.61. The number of pyridine rings is 1. The molecule has 3 aromatic rings. The molecule has 2 aromatic heterocycles. The first-order chi connectivity index (χ1) is 12.3. The van der Waals surface area contributed by atoms with Crippen LogP contribution >= 0.6 is 0 Å². The van der Waals surface area contributed by atoms with Crippen LogP contribution in [0.15, 0.2) is 36.5 Å². The molecule has 0 amide bonds. The van der Waals surface area contributed by atoms with Gasteiger partial charge in [-0.15, -0.1) is 0 Å². The molecule has 1 aromatic carbocycles. The van der Waals surface area contributed by atoms with Gasteiger partial charge in [0.1, 0.15) is 28.7 Å². The van der Waals surface area contributed by atoms with Gasteiger partial charge in [-0.3, -0.25) is 15.8 Å². The van der Waals surface area contributed by atoms with Gasteiger partial charge in [0.2, 0.25) is 0 Å². The first kappa shape index (κ1) is 17.5. The minimum atomic E-state index is -0.998. The third-order valence-electron chi connectivity index (χ3n) is 4.12. The Kier molecular flexibility index (Phi) is 4.41. The zero-order chi connectivity index (χ0) is 19.0. The van der Waals surface area contributed by atoms with Crippen LogP contribution in [0, 0.1) is 27.9 Å². The zero-order valence-electron chi connectivity index (χ0n) is 14.1.